The Morgan fingerprint density at radius 2 is 1.71 bits per heavy atom. The topological polar surface area (TPSA) is 18.5 Å². The summed E-state index contributed by atoms with van der Waals surface area (Å²) in [5.41, 5.74) is 0. The first-order chi connectivity index (χ1) is 3.12. The molecule has 0 aromatic carbocycles. The van der Waals surface area contributed by atoms with E-state index in [1.54, 1.807) is 16.1 Å². The molecular formula is CH4B2BrIO2. The normalized spacial score (nSPS) is 11.7. The van der Waals surface area contributed by atoms with Gasteiger partial charge in [0.2, 0.25) is 0 Å². The Hall–Kier alpha value is 1.26. The molecular weight excluding hydrogens is 272 g/mol. The summed E-state index contributed by atoms with van der Waals surface area (Å²) in [6.07, 6.45) is 0. The molecule has 0 fully saturated rings. The third-order valence-electron chi connectivity index (χ3n) is 0.475. The maximum atomic E-state index is 4.77. The molecule has 0 bridgehead atoms. The minimum Gasteiger partial charge on any atom is -0.403 e. The summed E-state index contributed by atoms with van der Waals surface area (Å²) in [6, 6.07) is 0. The molecule has 0 heterocycles. The van der Waals surface area contributed by atoms with E-state index in [1.807, 2.05) is 22.6 Å². The predicted octanol–water partition coefficient (Wildman–Crippen LogP) is -0.443. The molecule has 0 aliphatic carbocycles. The van der Waals surface area contributed by atoms with Gasteiger partial charge in [0.1, 0.15) is 0 Å². The Bertz CT molecular complexity index is 53.7. The van der Waals surface area contributed by atoms with Gasteiger partial charge in [-0.1, -0.05) is 0 Å². The first kappa shape index (κ1) is 8.26. The second kappa shape index (κ2) is 3.32. The van der Waals surface area contributed by atoms with Gasteiger partial charge < -0.3 is 9.31 Å². The van der Waals surface area contributed by atoms with Crippen LogP contribution >= 0.6 is 38.5 Å². The number of halogens is 2. The highest BCUT2D eigenvalue weighted by atomic mass is 127. The largest absolute Gasteiger partial charge is 0.403 e. The summed E-state index contributed by atoms with van der Waals surface area (Å²) in [7, 11) is 3.12. The molecule has 7 heavy (non-hydrogen) atoms. The van der Waals surface area contributed by atoms with Gasteiger partial charge in [-0.2, -0.15) is 0 Å². The molecule has 0 amide bonds. The Morgan fingerprint density at radius 1 is 1.43 bits per heavy atom. The molecule has 0 saturated heterocycles. The van der Waals surface area contributed by atoms with E-state index in [2.05, 4.69) is 15.9 Å². The van der Waals surface area contributed by atoms with Crippen LogP contribution in [-0.4, -0.2) is 18.8 Å². The van der Waals surface area contributed by atoms with Crippen molar-refractivity contribution < 1.29 is 9.31 Å². The molecule has 0 saturated carbocycles. The van der Waals surface area contributed by atoms with Gasteiger partial charge in [-0.15, -0.1) is 0 Å². The number of hydrogen-bond acceptors (Lipinski definition) is 2. The van der Waals surface area contributed by atoms with Gasteiger partial charge in [-0.3, -0.25) is 0 Å². The fourth-order valence-electron chi connectivity index (χ4n) is 0.0833. The van der Waals surface area contributed by atoms with E-state index >= 15 is 0 Å². The molecule has 0 aliphatic rings. The van der Waals surface area contributed by atoms with Crippen molar-refractivity contribution in [1.82, 2.24) is 0 Å². The van der Waals surface area contributed by atoms with Gasteiger partial charge in [0.15, 0.2) is 0 Å². The highest BCUT2D eigenvalue weighted by molar-refractivity contribution is 14.1. The van der Waals surface area contributed by atoms with Gasteiger partial charge in [0, 0.05) is 0 Å². The summed E-state index contributed by atoms with van der Waals surface area (Å²) in [5, 5.41) is 0. The summed E-state index contributed by atoms with van der Waals surface area (Å²) < 4.78 is 8.90. The van der Waals surface area contributed by atoms with Gasteiger partial charge >= 0.3 is 0 Å². The van der Waals surface area contributed by atoms with Gasteiger partial charge in [-0.05, 0) is 38.5 Å². The summed E-state index contributed by atoms with van der Waals surface area (Å²) in [5.74, 6) is 0. The highest BCUT2D eigenvalue weighted by Crippen LogP contribution is 2.26. The zero-order valence-corrected chi connectivity index (χ0v) is 7.82. The number of hydrogen-bond donors (Lipinski definition) is 0. The van der Waals surface area contributed by atoms with E-state index < -0.39 is 2.70 Å². The van der Waals surface area contributed by atoms with E-state index in [0.717, 1.165) is 0 Å². The van der Waals surface area contributed by atoms with Crippen molar-refractivity contribution >= 4 is 54.6 Å². The van der Waals surface area contributed by atoms with Crippen LogP contribution in [0.5, 0.6) is 0 Å². The smallest absolute Gasteiger partial charge is 0.263 e. The first-order valence-electron chi connectivity index (χ1n) is 1.60. The fourth-order valence-corrected chi connectivity index (χ4v) is 0.0833. The van der Waals surface area contributed by atoms with Crippen molar-refractivity contribution in [2.45, 2.75) is 2.70 Å². The second-order valence-electron chi connectivity index (χ2n) is 0.872. The van der Waals surface area contributed by atoms with Crippen LogP contribution < -0.4 is 0 Å². The third-order valence-corrected chi connectivity index (χ3v) is 2.00. The molecule has 0 N–H and O–H groups in total. The minimum absolute atomic E-state index is 0.634. The molecule has 2 nitrogen and oxygen atoms in total. The van der Waals surface area contributed by atoms with Crippen LogP contribution in [0.4, 0.5) is 0 Å². The van der Waals surface area contributed by atoms with E-state index in [4.69, 9.17) is 9.31 Å². The van der Waals surface area contributed by atoms with Gasteiger partial charge in [0.05, 0.1) is 0 Å². The third kappa shape index (κ3) is 3.81. The fraction of sp³-hybridized carbons (Fsp3) is 1.00. The molecule has 0 spiro atoms. The lowest BCUT2D eigenvalue weighted by molar-refractivity contribution is 0.0939. The number of alkyl halides is 2. The van der Waals surface area contributed by atoms with Crippen molar-refractivity contribution in [2.75, 3.05) is 0 Å². The van der Waals surface area contributed by atoms with Crippen LogP contribution in [0.1, 0.15) is 0 Å². The van der Waals surface area contributed by atoms with Crippen LogP contribution in [-0.2, 0) is 9.31 Å². The molecule has 0 rings (SSSR count). The van der Waals surface area contributed by atoms with Crippen molar-refractivity contribution in [3.05, 3.63) is 0 Å². The molecule has 0 aromatic rings. The Kier molecular flexibility index (Phi) is 3.91. The highest BCUT2D eigenvalue weighted by Gasteiger charge is 2.16. The van der Waals surface area contributed by atoms with Crippen LogP contribution in [0.3, 0.4) is 0 Å². The standard InChI is InChI=1S/CH4B2BrIO2/c2-6-1(4,5)7-3/h2-3H2. The van der Waals surface area contributed by atoms with E-state index in [0.29, 0.717) is 0 Å². The van der Waals surface area contributed by atoms with Crippen molar-refractivity contribution in [1.29, 1.82) is 0 Å². The zero-order chi connectivity index (χ0) is 5.91. The van der Waals surface area contributed by atoms with Crippen LogP contribution in [0, 0.1) is 0 Å². The Morgan fingerprint density at radius 3 is 1.71 bits per heavy atom. The second-order valence-corrected chi connectivity index (χ2v) is 4.82. The molecule has 0 atom stereocenters. The first-order valence-corrected chi connectivity index (χ1v) is 3.47. The van der Waals surface area contributed by atoms with E-state index in [9.17, 15) is 0 Å². The predicted molar refractivity (Wildman–Crippen MR) is 44.9 cm³/mol. The summed E-state index contributed by atoms with van der Waals surface area (Å²) >= 11 is 5.10. The average Bonchev–Trinajstić information content (AvgIpc) is 1.68. The monoisotopic (exact) mass is 276 g/mol. The zero-order valence-electron chi connectivity index (χ0n) is 4.07. The Balaban J connectivity index is 3.36. The van der Waals surface area contributed by atoms with Crippen LogP contribution in [0.25, 0.3) is 0 Å². The van der Waals surface area contributed by atoms with Gasteiger partial charge in [0.25, 0.3) is 18.8 Å². The van der Waals surface area contributed by atoms with E-state index in [-0.39, 0.29) is 0 Å². The SMILES string of the molecule is BOC(Br)(I)OB. The lowest BCUT2D eigenvalue weighted by atomic mass is 10.6. The number of rotatable bonds is 2. The maximum absolute atomic E-state index is 4.77. The molecule has 0 unspecified atom stereocenters. The maximum Gasteiger partial charge on any atom is 0.263 e. The summed E-state index contributed by atoms with van der Waals surface area (Å²) in [6.45, 7) is 0. The lowest BCUT2D eigenvalue weighted by Crippen LogP contribution is -2.16. The van der Waals surface area contributed by atoms with Crippen molar-refractivity contribution in [2.24, 2.45) is 0 Å². The molecule has 0 radical (unpaired) electrons. The molecule has 0 aromatic heterocycles. The lowest BCUT2D eigenvalue weighted by Gasteiger charge is -2.16. The van der Waals surface area contributed by atoms with Crippen molar-refractivity contribution in [3.63, 3.8) is 0 Å². The Labute approximate surface area is 66.5 Å². The van der Waals surface area contributed by atoms with Crippen LogP contribution in [0.2, 0.25) is 0 Å². The molecule has 6 heteroatoms. The van der Waals surface area contributed by atoms with Crippen molar-refractivity contribution in [3.8, 4) is 0 Å². The van der Waals surface area contributed by atoms with E-state index in [1.165, 1.54) is 0 Å². The molecule has 0 aliphatic heterocycles. The van der Waals surface area contributed by atoms with Gasteiger partial charge in [-0.25, -0.2) is 0 Å². The molecule has 40 valence electrons. The van der Waals surface area contributed by atoms with Crippen LogP contribution in [0.15, 0.2) is 0 Å². The minimum atomic E-state index is -0.634. The quantitative estimate of drug-likeness (QED) is 0.295. The average molecular weight is 276 g/mol. The summed E-state index contributed by atoms with van der Waals surface area (Å²) in [4.78, 5) is 0.